The fourth-order valence-electron chi connectivity index (χ4n) is 3.96. The molecule has 2 heterocycles. The van der Waals surface area contributed by atoms with Crippen LogP contribution in [0.15, 0.2) is 43.0 Å². The lowest BCUT2D eigenvalue weighted by Crippen LogP contribution is -2.29. The number of rotatable bonds is 6. The highest BCUT2D eigenvalue weighted by Crippen LogP contribution is 2.39. The molecule has 0 radical (unpaired) electrons. The van der Waals surface area contributed by atoms with Crippen molar-refractivity contribution in [2.45, 2.75) is 25.8 Å². The molecule has 1 aliphatic heterocycles. The maximum atomic E-state index is 12.8. The van der Waals surface area contributed by atoms with Crippen LogP contribution in [0.2, 0.25) is 0 Å². The van der Waals surface area contributed by atoms with E-state index >= 15 is 0 Å². The smallest absolute Gasteiger partial charge is 0.256 e. The molecule has 0 spiro atoms. The molecule has 160 valence electrons. The molecule has 0 saturated carbocycles. The number of fused-ring (bicyclic) bond motifs is 1. The zero-order chi connectivity index (χ0) is 22.0. The largest absolute Gasteiger partial charge is 0.507 e. The number of phenols is 1. The summed E-state index contributed by atoms with van der Waals surface area (Å²) >= 11 is 1.20. The maximum absolute atomic E-state index is 12.8. The van der Waals surface area contributed by atoms with E-state index in [-0.39, 0.29) is 17.2 Å². The van der Waals surface area contributed by atoms with Gasteiger partial charge in [0.05, 0.1) is 5.56 Å². The summed E-state index contributed by atoms with van der Waals surface area (Å²) in [6.07, 6.45) is 5.28. The highest BCUT2D eigenvalue weighted by Gasteiger charge is 2.20. The number of carbonyl (C=O) groups is 2. The number of hydrogen-bond acceptors (Lipinski definition) is 5. The number of nitrogens with one attached hydrogen (secondary N) is 1. The van der Waals surface area contributed by atoms with Gasteiger partial charge in [0.25, 0.3) is 11.8 Å². The van der Waals surface area contributed by atoms with Gasteiger partial charge in [0.1, 0.15) is 10.8 Å². The van der Waals surface area contributed by atoms with Crippen LogP contribution in [0.1, 0.15) is 51.1 Å². The van der Waals surface area contributed by atoms with E-state index in [2.05, 4.69) is 16.8 Å². The molecule has 1 aliphatic rings. The predicted molar refractivity (Wildman–Crippen MR) is 126 cm³/mol. The van der Waals surface area contributed by atoms with Crippen LogP contribution in [0.4, 0.5) is 5.00 Å². The number of likely N-dealkylation sites (tertiary alicyclic amines) is 1. The van der Waals surface area contributed by atoms with Gasteiger partial charge in [-0.25, -0.2) is 0 Å². The molecule has 0 bridgehead atoms. The Hall–Kier alpha value is -3.16. The monoisotopic (exact) mass is 435 g/mol. The Bertz CT molecular complexity index is 1150. The number of anilines is 1. The number of primary amides is 1. The summed E-state index contributed by atoms with van der Waals surface area (Å²) in [5.41, 5.74) is 8.01. The molecule has 3 aromatic rings. The Morgan fingerprint density at radius 3 is 2.52 bits per heavy atom. The minimum Gasteiger partial charge on any atom is -0.507 e. The summed E-state index contributed by atoms with van der Waals surface area (Å²) in [4.78, 5) is 27.4. The number of piperidine rings is 1. The molecule has 2 amide bonds. The predicted octanol–water partition coefficient (Wildman–Crippen LogP) is 4.59. The molecular formula is C24H25N3O3S. The van der Waals surface area contributed by atoms with Gasteiger partial charge >= 0.3 is 0 Å². The minimum atomic E-state index is -0.640. The Labute approximate surface area is 185 Å². The first kappa shape index (κ1) is 21.1. The van der Waals surface area contributed by atoms with Crippen molar-refractivity contribution in [1.82, 2.24) is 4.90 Å². The van der Waals surface area contributed by atoms with E-state index in [0.717, 1.165) is 19.6 Å². The SMILES string of the molecule is C=Cc1cc2c(C(N)=O)c(NC(=O)c3ccc(CN4CCCCC4)cc3)sc2cc1O. The van der Waals surface area contributed by atoms with Crippen molar-refractivity contribution in [3.63, 3.8) is 0 Å². The fraction of sp³-hybridized carbons (Fsp3) is 0.250. The second-order valence-corrected chi connectivity index (χ2v) is 8.82. The molecule has 0 unspecified atom stereocenters. The first-order chi connectivity index (χ1) is 15.0. The van der Waals surface area contributed by atoms with E-state index in [9.17, 15) is 14.7 Å². The van der Waals surface area contributed by atoms with Gasteiger partial charge in [-0.1, -0.05) is 31.2 Å². The summed E-state index contributed by atoms with van der Waals surface area (Å²) in [6.45, 7) is 6.79. The van der Waals surface area contributed by atoms with Crippen molar-refractivity contribution in [3.05, 3.63) is 65.2 Å². The first-order valence-electron chi connectivity index (χ1n) is 10.3. The van der Waals surface area contributed by atoms with E-state index in [1.54, 1.807) is 24.3 Å². The lowest BCUT2D eigenvalue weighted by Gasteiger charge is -2.26. The van der Waals surface area contributed by atoms with E-state index in [1.807, 2.05) is 12.1 Å². The summed E-state index contributed by atoms with van der Waals surface area (Å²) in [7, 11) is 0. The Morgan fingerprint density at radius 2 is 1.87 bits per heavy atom. The van der Waals surface area contributed by atoms with Crippen molar-refractivity contribution >= 4 is 44.3 Å². The molecule has 7 heteroatoms. The summed E-state index contributed by atoms with van der Waals surface area (Å²) in [5.74, 6) is -0.896. The van der Waals surface area contributed by atoms with Gasteiger partial charge in [0, 0.05) is 27.8 Å². The Morgan fingerprint density at radius 1 is 1.16 bits per heavy atom. The summed E-state index contributed by atoms with van der Waals surface area (Å²) in [5, 5.41) is 13.8. The quantitative estimate of drug-likeness (QED) is 0.528. The molecule has 0 aliphatic carbocycles. The van der Waals surface area contributed by atoms with Crippen LogP contribution in [-0.2, 0) is 6.54 Å². The van der Waals surface area contributed by atoms with Gasteiger partial charge in [-0.2, -0.15) is 0 Å². The molecule has 0 atom stereocenters. The normalized spacial score (nSPS) is 14.5. The van der Waals surface area contributed by atoms with Crippen molar-refractivity contribution in [1.29, 1.82) is 0 Å². The molecule has 4 N–H and O–H groups in total. The first-order valence-corrected chi connectivity index (χ1v) is 11.1. The topological polar surface area (TPSA) is 95.7 Å². The molecule has 1 fully saturated rings. The van der Waals surface area contributed by atoms with Gasteiger partial charge < -0.3 is 16.2 Å². The van der Waals surface area contributed by atoms with Gasteiger partial charge in [0.15, 0.2) is 0 Å². The van der Waals surface area contributed by atoms with Crippen LogP contribution in [0.3, 0.4) is 0 Å². The summed E-state index contributed by atoms with van der Waals surface area (Å²) < 4.78 is 0.657. The number of nitrogens with two attached hydrogens (primary N) is 1. The number of nitrogens with zero attached hydrogens (tertiary/aromatic N) is 1. The van der Waals surface area contributed by atoms with Crippen LogP contribution in [-0.4, -0.2) is 34.9 Å². The van der Waals surface area contributed by atoms with Crippen LogP contribution in [0, 0.1) is 0 Å². The Balaban J connectivity index is 1.55. The molecule has 2 aromatic carbocycles. The van der Waals surface area contributed by atoms with E-state index in [4.69, 9.17) is 5.73 Å². The second kappa shape index (κ2) is 8.91. The highest BCUT2D eigenvalue weighted by molar-refractivity contribution is 7.23. The fourth-order valence-corrected chi connectivity index (χ4v) is 5.08. The standard InChI is InChI=1S/C24H25N3O3S/c1-2-16-12-18-20(13-19(16)28)31-24(21(18)22(25)29)26-23(30)17-8-6-15(7-9-17)14-27-10-4-3-5-11-27/h2,6-9,12-13,28H,1,3-5,10-11,14H2,(H2,25,29)(H,26,30). The third-order valence-electron chi connectivity index (χ3n) is 5.60. The highest BCUT2D eigenvalue weighted by atomic mass is 32.1. The van der Waals surface area contributed by atoms with Gasteiger partial charge in [-0.3, -0.25) is 14.5 Å². The van der Waals surface area contributed by atoms with Crippen molar-refractivity contribution in [2.24, 2.45) is 5.73 Å². The lowest BCUT2D eigenvalue weighted by molar-refractivity contribution is 0.100. The number of aromatic hydroxyl groups is 1. The van der Waals surface area contributed by atoms with Gasteiger partial charge in [-0.05, 0) is 55.8 Å². The van der Waals surface area contributed by atoms with E-state index in [1.165, 1.54) is 42.2 Å². The van der Waals surface area contributed by atoms with E-state index in [0.29, 0.717) is 26.2 Å². The number of thiophene rings is 1. The average Bonchev–Trinajstić information content (AvgIpc) is 3.10. The molecule has 31 heavy (non-hydrogen) atoms. The maximum Gasteiger partial charge on any atom is 0.256 e. The second-order valence-electron chi connectivity index (χ2n) is 7.77. The minimum absolute atomic E-state index is 0.0574. The summed E-state index contributed by atoms with van der Waals surface area (Å²) in [6, 6.07) is 10.7. The molecule has 4 rings (SSSR count). The zero-order valence-corrected chi connectivity index (χ0v) is 18.0. The molecule has 1 saturated heterocycles. The van der Waals surface area contributed by atoms with Crippen LogP contribution >= 0.6 is 11.3 Å². The molecule has 1 aromatic heterocycles. The number of carbonyl (C=O) groups excluding carboxylic acids is 2. The third kappa shape index (κ3) is 4.47. The third-order valence-corrected chi connectivity index (χ3v) is 6.67. The molecular weight excluding hydrogens is 410 g/mol. The van der Waals surface area contributed by atoms with Crippen LogP contribution in [0.5, 0.6) is 5.75 Å². The van der Waals surface area contributed by atoms with Gasteiger partial charge in [0.2, 0.25) is 0 Å². The van der Waals surface area contributed by atoms with Gasteiger partial charge in [-0.15, -0.1) is 11.3 Å². The van der Waals surface area contributed by atoms with Crippen molar-refractivity contribution in [3.8, 4) is 5.75 Å². The average molecular weight is 436 g/mol. The van der Waals surface area contributed by atoms with E-state index < -0.39 is 5.91 Å². The number of amides is 2. The number of benzene rings is 2. The van der Waals surface area contributed by atoms with Crippen LogP contribution < -0.4 is 11.1 Å². The Kier molecular flexibility index (Phi) is 6.06. The number of phenolic OH excluding ortho intramolecular Hbond substituents is 1. The van der Waals surface area contributed by atoms with Crippen molar-refractivity contribution < 1.29 is 14.7 Å². The number of hydrogen-bond donors (Lipinski definition) is 3. The zero-order valence-electron chi connectivity index (χ0n) is 17.2. The lowest BCUT2D eigenvalue weighted by atomic mass is 10.1. The van der Waals surface area contributed by atoms with Crippen LogP contribution in [0.25, 0.3) is 16.2 Å². The molecule has 6 nitrogen and oxygen atoms in total. The van der Waals surface area contributed by atoms with Crippen molar-refractivity contribution in [2.75, 3.05) is 18.4 Å².